The van der Waals surface area contributed by atoms with E-state index in [9.17, 15) is 0 Å². The molecule has 2 rings (SSSR count). The van der Waals surface area contributed by atoms with Crippen LogP contribution >= 0.6 is 0 Å². The third-order valence-corrected chi connectivity index (χ3v) is 4.09. The van der Waals surface area contributed by atoms with Gasteiger partial charge in [0.15, 0.2) is 5.96 Å². The number of likely N-dealkylation sites (N-methyl/N-ethyl adjacent to an activating group) is 1. The lowest BCUT2D eigenvalue weighted by atomic mass is 10.0. The van der Waals surface area contributed by atoms with Gasteiger partial charge in [-0.05, 0) is 31.9 Å². The van der Waals surface area contributed by atoms with Gasteiger partial charge in [0.2, 0.25) is 0 Å². The van der Waals surface area contributed by atoms with E-state index in [0.29, 0.717) is 0 Å². The monoisotopic (exact) mass is 304 g/mol. The van der Waals surface area contributed by atoms with Crippen molar-refractivity contribution in [3.8, 4) is 0 Å². The zero-order valence-electron chi connectivity index (χ0n) is 13.9. The second-order valence-electron chi connectivity index (χ2n) is 6.01. The molecule has 5 heteroatoms. The van der Waals surface area contributed by atoms with Gasteiger partial charge in [-0.2, -0.15) is 0 Å². The zero-order chi connectivity index (χ0) is 15.8. The number of hydrogen-bond donors (Lipinski definition) is 2. The minimum absolute atomic E-state index is 0.0571. The van der Waals surface area contributed by atoms with Crippen molar-refractivity contribution in [1.29, 1.82) is 0 Å². The average Bonchev–Trinajstić information content (AvgIpc) is 2.98. The normalized spacial score (nSPS) is 21.7. The first-order valence-electron chi connectivity index (χ1n) is 7.98. The average molecular weight is 304 g/mol. The van der Waals surface area contributed by atoms with E-state index in [0.717, 1.165) is 45.0 Å². The largest absolute Gasteiger partial charge is 0.373 e. The second kappa shape index (κ2) is 8.03. The summed E-state index contributed by atoms with van der Waals surface area (Å²) in [4.78, 5) is 6.49. The topological polar surface area (TPSA) is 48.9 Å². The van der Waals surface area contributed by atoms with Crippen LogP contribution < -0.4 is 15.5 Å². The van der Waals surface area contributed by atoms with Crippen LogP contribution in [0.5, 0.6) is 0 Å². The molecule has 0 spiro atoms. The summed E-state index contributed by atoms with van der Waals surface area (Å²) in [6, 6.07) is 10.4. The summed E-state index contributed by atoms with van der Waals surface area (Å²) in [5, 5.41) is 6.71. The molecule has 122 valence electrons. The fourth-order valence-corrected chi connectivity index (χ4v) is 2.62. The van der Waals surface area contributed by atoms with E-state index in [2.05, 4.69) is 58.8 Å². The van der Waals surface area contributed by atoms with Crippen LogP contribution in [0.3, 0.4) is 0 Å². The van der Waals surface area contributed by atoms with Crippen molar-refractivity contribution in [3.05, 3.63) is 30.3 Å². The molecule has 0 aliphatic carbocycles. The molecule has 0 bridgehead atoms. The summed E-state index contributed by atoms with van der Waals surface area (Å²) < 4.78 is 5.78. The minimum atomic E-state index is -0.0571. The van der Waals surface area contributed by atoms with Crippen LogP contribution in [0.2, 0.25) is 0 Å². The Labute approximate surface area is 133 Å². The van der Waals surface area contributed by atoms with Gasteiger partial charge >= 0.3 is 0 Å². The maximum Gasteiger partial charge on any atom is 0.191 e. The predicted molar refractivity (Wildman–Crippen MR) is 92.7 cm³/mol. The van der Waals surface area contributed by atoms with Crippen LogP contribution in [0.15, 0.2) is 35.3 Å². The summed E-state index contributed by atoms with van der Waals surface area (Å²) in [7, 11) is 3.90. The van der Waals surface area contributed by atoms with Crippen molar-refractivity contribution < 1.29 is 4.74 Å². The van der Waals surface area contributed by atoms with E-state index in [1.54, 1.807) is 7.05 Å². The van der Waals surface area contributed by atoms with Crippen molar-refractivity contribution in [1.82, 2.24) is 10.6 Å². The Hall–Kier alpha value is -1.75. The number of aliphatic imine (C=N–C) groups is 1. The highest BCUT2D eigenvalue weighted by molar-refractivity contribution is 5.79. The fraction of sp³-hybridized carbons (Fsp3) is 0.588. The van der Waals surface area contributed by atoms with Crippen LogP contribution in [0.25, 0.3) is 0 Å². The van der Waals surface area contributed by atoms with Gasteiger partial charge in [-0.15, -0.1) is 0 Å². The van der Waals surface area contributed by atoms with Crippen molar-refractivity contribution in [2.45, 2.75) is 25.4 Å². The van der Waals surface area contributed by atoms with Crippen LogP contribution in [0.1, 0.15) is 19.8 Å². The molecular weight excluding hydrogens is 276 g/mol. The van der Waals surface area contributed by atoms with Gasteiger partial charge in [0.1, 0.15) is 0 Å². The second-order valence-corrected chi connectivity index (χ2v) is 6.01. The third-order valence-electron chi connectivity index (χ3n) is 4.09. The standard InChI is InChI=1S/C17H28N4O/c1-17(10-7-13-22-17)14-20-16(18-2)19-11-12-21(3)15-8-5-4-6-9-15/h4-6,8-9H,7,10-14H2,1-3H3,(H2,18,19,20). The van der Waals surface area contributed by atoms with E-state index < -0.39 is 0 Å². The van der Waals surface area contributed by atoms with Crippen LogP contribution in [-0.4, -0.2) is 51.9 Å². The van der Waals surface area contributed by atoms with Crippen molar-refractivity contribution >= 4 is 11.6 Å². The Morgan fingerprint density at radius 1 is 1.32 bits per heavy atom. The highest BCUT2D eigenvalue weighted by Crippen LogP contribution is 2.23. The first kappa shape index (κ1) is 16.6. The molecule has 22 heavy (non-hydrogen) atoms. The van der Waals surface area contributed by atoms with Crippen molar-refractivity contribution in [2.75, 3.05) is 45.2 Å². The number of nitrogens with zero attached hydrogens (tertiary/aromatic N) is 2. The Kier molecular flexibility index (Phi) is 6.07. The molecule has 0 saturated carbocycles. The molecular formula is C17H28N4O. The van der Waals surface area contributed by atoms with Gasteiger partial charge in [0, 0.05) is 46.0 Å². The summed E-state index contributed by atoms with van der Waals surface area (Å²) in [6.45, 7) is 5.57. The molecule has 0 aromatic heterocycles. The molecule has 1 saturated heterocycles. The lowest BCUT2D eigenvalue weighted by molar-refractivity contribution is 0.0243. The fourth-order valence-electron chi connectivity index (χ4n) is 2.62. The molecule has 5 nitrogen and oxygen atoms in total. The number of ether oxygens (including phenoxy) is 1. The van der Waals surface area contributed by atoms with Gasteiger partial charge in [-0.3, -0.25) is 4.99 Å². The van der Waals surface area contributed by atoms with Crippen molar-refractivity contribution in [3.63, 3.8) is 0 Å². The molecule has 0 radical (unpaired) electrons. The minimum Gasteiger partial charge on any atom is -0.373 e. The summed E-state index contributed by atoms with van der Waals surface area (Å²) in [6.07, 6.45) is 2.25. The first-order chi connectivity index (χ1) is 10.6. The number of hydrogen-bond acceptors (Lipinski definition) is 3. The molecule has 1 aliphatic rings. The highest BCUT2D eigenvalue weighted by Gasteiger charge is 2.29. The molecule has 1 unspecified atom stereocenters. The van der Waals surface area contributed by atoms with Crippen LogP contribution in [-0.2, 0) is 4.74 Å². The zero-order valence-corrected chi connectivity index (χ0v) is 13.9. The Bertz CT molecular complexity index is 469. The smallest absolute Gasteiger partial charge is 0.191 e. The maximum absolute atomic E-state index is 5.78. The Balaban J connectivity index is 1.70. The van der Waals surface area contributed by atoms with Crippen molar-refractivity contribution in [2.24, 2.45) is 4.99 Å². The summed E-state index contributed by atoms with van der Waals surface area (Å²) in [5.41, 5.74) is 1.16. The van der Waals surface area contributed by atoms with E-state index in [1.165, 1.54) is 5.69 Å². The van der Waals surface area contributed by atoms with Gasteiger partial charge < -0.3 is 20.3 Å². The predicted octanol–water partition coefficient (Wildman–Crippen LogP) is 1.86. The highest BCUT2D eigenvalue weighted by atomic mass is 16.5. The number of benzene rings is 1. The van der Waals surface area contributed by atoms with E-state index in [1.807, 2.05) is 6.07 Å². The molecule has 1 heterocycles. The lowest BCUT2D eigenvalue weighted by Crippen LogP contribution is -2.46. The first-order valence-corrected chi connectivity index (χ1v) is 7.98. The number of para-hydroxylation sites is 1. The molecule has 2 N–H and O–H groups in total. The number of nitrogens with one attached hydrogen (secondary N) is 2. The van der Waals surface area contributed by atoms with Crippen LogP contribution in [0.4, 0.5) is 5.69 Å². The third kappa shape index (κ3) is 4.91. The molecule has 1 atom stereocenters. The Morgan fingerprint density at radius 2 is 2.09 bits per heavy atom. The van der Waals surface area contributed by atoms with E-state index >= 15 is 0 Å². The SMILES string of the molecule is CN=C(NCCN(C)c1ccccc1)NCC1(C)CCCO1. The molecule has 1 aromatic rings. The van der Waals surface area contributed by atoms with E-state index in [4.69, 9.17) is 4.74 Å². The quantitative estimate of drug-likeness (QED) is 0.622. The van der Waals surface area contributed by atoms with Gasteiger partial charge in [-0.1, -0.05) is 18.2 Å². The van der Waals surface area contributed by atoms with E-state index in [-0.39, 0.29) is 5.60 Å². The van der Waals surface area contributed by atoms with Gasteiger partial charge in [0.25, 0.3) is 0 Å². The lowest BCUT2D eigenvalue weighted by Gasteiger charge is -2.25. The summed E-state index contributed by atoms with van der Waals surface area (Å²) in [5.74, 6) is 0.832. The number of rotatable bonds is 6. The summed E-state index contributed by atoms with van der Waals surface area (Å²) >= 11 is 0. The molecule has 1 aromatic carbocycles. The Morgan fingerprint density at radius 3 is 2.73 bits per heavy atom. The van der Waals surface area contributed by atoms with Gasteiger partial charge in [0.05, 0.1) is 5.60 Å². The molecule has 1 aliphatic heterocycles. The maximum atomic E-state index is 5.78. The van der Waals surface area contributed by atoms with Crippen LogP contribution in [0, 0.1) is 0 Å². The number of anilines is 1. The number of guanidine groups is 1. The molecule has 1 fully saturated rings. The van der Waals surface area contributed by atoms with Gasteiger partial charge in [-0.25, -0.2) is 0 Å². The molecule has 0 amide bonds.